The molecule has 156 valence electrons. The number of rotatable bonds is 8. The van der Waals surface area contributed by atoms with E-state index in [1.807, 2.05) is 54.6 Å². The molecule has 4 nitrogen and oxygen atoms in total. The predicted octanol–water partition coefficient (Wildman–Crippen LogP) is 5.83. The lowest BCUT2D eigenvalue weighted by Crippen LogP contribution is -2.22. The number of ether oxygens (including phenoxy) is 1. The highest BCUT2D eigenvalue weighted by atomic mass is 16.5. The third kappa shape index (κ3) is 4.38. The highest BCUT2D eigenvalue weighted by Gasteiger charge is 2.17. The summed E-state index contributed by atoms with van der Waals surface area (Å²) >= 11 is 0. The van der Waals surface area contributed by atoms with Gasteiger partial charge in [-0.1, -0.05) is 67.2 Å². The van der Waals surface area contributed by atoms with Crippen molar-refractivity contribution in [3.8, 4) is 22.6 Å². The van der Waals surface area contributed by atoms with E-state index in [1.54, 1.807) is 6.07 Å². The van der Waals surface area contributed by atoms with E-state index in [0.717, 1.165) is 51.3 Å². The molecule has 2 N–H and O–H groups in total. The van der Waals surface area contributed by atoms with Gasteiger partial charge in [-0.25, -0.2) is 0 Å². The predicted molar refractivity (Wildman–Crippen MR) is 126 cm³/mol. The number of hydrogen-bond acceptors (Lipinski definition) is 3. The van der Waals surface area contributed by atoms with Crippen LogP contribution in [0, 0.1) is 0 Å². The molecule has 1 amide bonds. The number of unbranched alkanes of at least 4 members (excludes halogenated alkanes) is 1. The fourth-order valence-corrected chi connectivity index (χ4v) is 3.85. The van der Waals surface area contributed by atoms with Crippen molar-refractivity contribution in [2.24, 2.45) is 0 Å². The summed E-state index contributed by atoms with van der Waals surface area (Å²) in [6, 6.07) is 23.9. The van der Waals surface area contributed by atoms with Crippen LogP contribution < -0.4 is 10.1 Å². The minimum absolute atomic E-state index is 0.163. The molecule has 0 aromatic heterocycles. The van der Waals surface area contributed by atoms with Crippen molar-refractivity contribution < 1.29 is 14.6 Å². The molecule has 0 bridgehead atoms. The maximum Gasteiger partial charge on any atom is 0.243 e. The van der Waals surface area contributed by atoms with Crippen LogP contribution in [-0.2, 0) is 4.79 Å². The van der Waals surface area contributed by atoms with Crippen LogP contribution in [0.25, 0.3) is 32.7 Å². The summed E-state index contributed by atoms with van der Waals surface area (Å²) in [6.45, 7) is 4.55. The van der Waals surface area contributed by atoms with E-state index in [0.29, 0.717) is 13.2 Å². The number of hydrogen-bond donors (Lipinski definition) is 2. The van der Waals surface area contributed by atoms with Gasteiger partial charge in [0.05, 0.1) is 6.61 Å². The van der Waals surface area contributed by atoms with E-state index < -0.39 is 0 Å². The van der Waals surface area contributed by atoms with Crippen molar-refractivity contribution in [1.29, 1.82) is 0 Å². The Hall–Kier alpha value is -3.79. The molecule has 4 aromatic carbocycles. The smallest absolute Gasteiger partial charge is 0.243 e. The summed E-state index contributed by atoms with van der Waals surface area (Å²) in [5.41, 5.74) is 1.68. The molecule has 31 heavy (non-hydrogen) atoms. The van der Waals surface area contributed by atoms with Crippen molar-refractivity contribution in [3.63, 3.8) is 0 Å². The average molecular weight is 412 g/mol. The Morgan fingerprint density at radius 3 is 2.23 bits per heavy atom. The van der Waals surface area contributed by atoms with Crippen molar-refractivity contribution in [1.82, 2.24) is 5.32 Å². The molecule has 4 heteroatoms. The molecule has 0 aliphatic carbocycles. The van der Waals surface area contributed by atoms with Crippen LogP contribution in [0.2, 0.25) is 0 Å². The number of carbonyl (C=O) groups is 1. The van der Waals surface area contributed by atoms with Crippen molar-refractivity contribution in [3.05, 3.63) is 85.5 Å². The first-order valence-corrected chi connectivity index (χ1v) is 10.4. The molecular formula is C27H25NO3. The van der Waals surface area contributed by atoms with E-state index in [1.165, 1.54) is 6.08 Å². The quantitative estimate of drug-likeness (QED) is 0.283. The minimum Gasteiger partial charge on any atom is -0.507 e. The Balaban J connectivity index is 1.69. The van der Waals surface area contributed by atoms with E-state index in [-0.39, 0.29) is 11.7 Å². The normalized spacial score (nSPS) is 10.8. The summed E-state index contributed by atoms with van der Waals surface area (Å²) in [5, 5.41) is 17.8. The molecule has 0 aliphatic rings. The van der Waals surface area contributed by atoms with Gasteiger partial charge in [0.25, 0.3) is 0 Å². The maximum atomic E-state index is 11.2. The van der Waals surface area contributed by atoms with Gasteiger partial charge >= 0.3 is 0 Å². The first-order chi connectivity index (χ1) is 15.2. The third-order valence-corrected chi connectivity index (χ3v) is 5.36. The molecule has 0 unspecified atom stereocenters. The molecule has 4 rings (SSSR count). The van der Waals surface area contributed by atoms with Gasteiger partial charge in [0.2, 0.25) is 5.91 Å². The van der Waals surface area contributed by atoms with Crippen LogP contribution in [0.3, 0.4) is 0 Å². The summed E-state index contributed by atoms with van der Waals surface area (Å²) in [4.78, 5) is 11.2. The van der Waals surface area contributed by atoms with Crippen LogP contribution in [0.15, 0.2) is 85.5 Å². The molecule has 0 aliphatic heterocycles. The SMILES string of the molecule is C=CC(=O)NCCCCOc1ccc2ccccc2c1-c1c(O)ccc2ccccc12. The number of phenols is 1. The fraction of sp³-hybridized carbons (Fsp3) is 0.148. The van der Waals surface area contributed by atoms with Gasteiger partial charge in [-0.3, -0.25) is 4.79 Å². The Morgan fingerprint density at radius 1 is 0.871 bits per heavy atom. The third-order valence-electron chi connectivity index (χ3n) is 5.36. The van der Waals surface area contributed by atoms with Gasteiger partial charge in [0, 0.05) is 17.7 Å². The summed E-state index contributed by atoms with van der Waals surface area (Å²) in [6.07, 6.45) is 2.88. The zero-order valence-corrected chi connectivity index (χ0v) is 17.3. The van der Waals surface area contributed by atoms with Gasteiger partial charge in [-0.2, -0.15) is 0 Å². The molecule has 0 heterocycles. The van der Waals surface area contributed by atoms with Gasteiger partial charge < -0.3 is 15.2 Å². The Kier molecular flexibility index (Phi) is 6.18. The molecule has 0 radical (unpaired) electrons. The number of phenolic OH excluding ortho intramolecular Hbond substituents is 1. The standard InChI is InChI=1S/C27H25NO3/c1-2-25(30)28-17-7-8-18-31-24-16-14-20-10-4-6-12-22(20)27(24)26-21-11-5-3-9-19(21)13-15-23(26)29/h2-6,9-16,29H,1,7-8,17-18H2,(H,28,30). The Labute approximate surface area is 181 Å². The summed E-state index contributed by atoms with van der Waals surface area (Å²) in [5.74, 6) is 0.802. The molecule has 0 saturated carbocycles. The van der Waals surface area contributed by atoms with Gasteiger partial charge in [-0.15, -0.1) is 0 Å². The highest BCUT2D eigenvalue weighted by Crippen LogP contribution is 2.44. The number of benzene rings is 4. The number of aromatic hydroxyl groups is 1. The van der Waals surface area contributed by atoms with Crippen molar-refractivity contribution >= 4 is 27.5 Å². The second-order valence-corrected chi connectivity index (χ2v) is 7.39. The van der Waals surface area contributed by atoms with E-state index in [4.69, 9.17) is 4.74 Å². The van der Waals surface area contributed by atoms with Crippen molar-refractivity contribution in [2.45, 2.75) is 12.8 Å². The van der Waals surface area contributed by atoms with E-state index >= 15 is 0 Å². The largest absolute Gasteiger partial charge is 0.507 e. The first kappa shape index (κ1) is 20.5. The number of fused-ring (bicyclic) bond motifs is 2. The monoisotopic (exact) mass is 411 g/mol. The summed E-state index contributed by atoms with van der Waals surface area (Å²) in [7, 11) is 0. The Morgan fingerprint density at radius 2 is 1.52 bits per heavy atom. The van der Waals surface area contributed by atoms with Gasteiger partial charge in [-0.05, 0) is 52.6 Å². The fourth-order valence-electron chi connectivity index (χ4n) is 3.85. The lowest BCUT2D eigenvalue weighted by Gasteiger charge is -2.17. The van der Waals surface area contributed by atoms with Crippen LogP contribution in [0.5, 0.6) is 11.5 Å². The topological polar surface area (TPSA) is 58.6 Å². The van der Waals surface area contributed by atoms with Crippen LogP contribution >= 0.6 is 0 Å². The zero-order valence-electron chi connectivity index (χ0n) is 17.3. The lowest BCUT2D eigenvalue weighted by atomic mass is 9.92. The van der Waals surface area contributed by atoms with Gasteiger partial charge in [0.15, 0.2) is 0 Å². The van der Waals surface area contributed by atoms with E-state index in [9.17, 15) is 9.90 Å². The maximum absolute atomic E-state index is 11.2. The van der Waals surface area contributed by atoms with E-state index in [2.05, 4.69) is 24.0 Å². The number of nitrogens with one attached hydrogen (secondary N) is 1. The minimum atomic E-state index is -0.163. The van der Waals surface area contributed by atoms with Gasteiger partial charge in [0.1, 0.15) is 11.5 Å². The Bertz CT molecular complexity index is 1250. The van der Waals surface area contributed by atoms with Crippen molar-refractivity contribution in [2.75, 3.05) is 13.2 Å². The van der Waals surface area contributed by atoms with Crippen LogP contribution in [-0.4, -0.2) is 24.2 Å². The summed E-state index contributed by atoms with van der Waals surface area (Å²) < 4.78 is 6.19. The van der Waals surface area contributed by atoms with Crippen LogP contribution in [0.4, 0.5) is 0 Å². The molecule has 0 atom stereocenters. The number of carbonyl (C=O) groups excluding carboxylic acids is 1. The average Bonchev–Trinajstić information content (AvgIpc) is 2.81. The second-order valence-electron chi connectivity index (χ2n) is 7.39. The molecule has 0 fully saturated rings. The molecule has 0 saturated heterocycles. The van der Waals surface area contributed by atoms with Crippen LogP contribution in [0.1, 0.15) is 12.8 Å². The lowest BCUT2D eigenvalue weighted by molar-refractivity contribution is -0.116. The first-order valence-electron chi connectivity index (χ1n) is 10.4. The second kappa shape index (κ2) is 9.35. The highest BCUT2D eigenvalue weighted by molar-refractivity contribution is 6.09. The molecular weight excluding hydrogens is 386 g/mol. The zero-order chi connectivity index (χ0) is 21.6. The number of amides is 1. The molecule has 4 aromatic rings. The molecule has 0 spiro atoms.